The van der Waals surface area contributed by atoms with Crippen LogP contribution in [-0.4, -0.2) is 42.1 Å². The lowest BCUT2D eigenvalue weighted by Gasteiger charge is -2.23. The van der Waals surface area contributed by atoms with Crippen molar-refractivity contribution < 1.29 is 9.32 Å². The molecule has 124 valence electrons. The zero-order chi connectivity index (χ0) is 15.5. The van der Waals surface area contributed by atoms with Gasteiger partial charge in [0.2, 0.25) is 0 Å². The number of carbonyl (C=O) groups is 1. The van der Waals surface area contributed by atoms with Crippen LogP contribution in [0, 0.1) is 0 Å². The molecule has 1 N–H and O–H groups in total. The molecule has 1 amide bonds. The zero-order valence-electron chi connectivity index (χ0n) is 12.8. The van der Waals surface area contributed by atoms with Gasteiger partial charge in [-0.2, -0.15) is 0 Å². The lowest BCUT2D eigenvalue weighted by Crippen LogP contribution is -2.40. The first-order valence-electron chi connectivity index (χ1n) is 7.37. The molecule has 1 aliphatic heterocycles. The number of hydrogen-bond donors (Lipinski definition) is 1. The van der Waals surface area contributed by atoms with Crippen LogP contribution in [0.3, 0.4) is 0 Å². The molecular formula is C16H19Cl2N3O2. The third kappa shape index (κ3) is 3.86. The number of likely N-dealkylation sites (tertiary alicyclic amines) is 1. The largest absolute Gasteiger partial charge is 0.355 e. The molecule has 1 aromatic carbocycles. The van der Waals surface area contributed by atoms with E-state index in [4.69, 9.17) is 16.1 Å². The molecule has 1 saturated heterocycles. The number of nitrogens with one attached hydrogen (secondary N) is 1. The van der Waals surface area contributed by atoms with Gasteiger partial charge in [-0.15, -0.1) is 12.4 Å². The molecule has 0 saturated carbocycles. The molecule has 2 heterocycles. The number of carbonyl (C=O) groups excluding carboxylic acids is 1. The summed E-state index contributed by atoms with van der Waals surface area (Å²) in [6.07, 6.45) is 2.05. The van der Waals surface area contributed by atoms with Gasteiger partial charge in [0, 0.05) is 35.8 Å². The fourth-order valence-corrected chi connectivity index (χ4v) is 2.95. The normalized spacial score (nSPS) is 17.1. The Hall–Kier alpha value is -1.56. The monoisotopic (exact) mass is 355 g/mol. The Bertz CT molecular complexity index is 658. The Morgan fingerprint density at radius 1 is 1.43 bits per heavy atom. The van der Waals surface area contributed by atoms with E-state index in [1.165, 1.54) is 0 Å². The third-order valence-electron chi connectivity index (χ3n) is 3.94. The quantitative estimate of drug-likeness (QED) is 0.914. The molecule has 1 aliphatic rings. The number of benzene rings is 1. The summed E-state index contributed by atoms with van der Waals surface area (Å²) in [5.41, 5.74) is 1.21. The van der Waals surface area contributed by atoms with E-state index >= 15 is 0 Å². The maximum absolute atomic E-state index is 12.6. The maximum Gasteiger partial charge on any atom is 0.276 e. The molecule has 0 radical (unpaired) electrons. The molecule has 1 unspecified atom stereocenters. The summed E-state index contributed by atoms with van der Waals surface area (Å²) < 4.78 is 5.31. The number of nitrogens with zero attached hydrogens (tertiary/aromatic N) is 2. The van der Waals surface area contributed by atoms with Gasteiger partial charge in [-0.3, -0.25) is 4.79 Å². The van der Waals surface area contributed by atoms with Crippen LogP contribution in [0.4, 0.5) is 0 Å². The highest BCUT2D eigenvalue weighted by Gasteiger charge is 2.30. The smallest absolute Gasteiger partial charge is 0.276 e. The first-order valence-corrected chi connectivity index (χ1v) is 7.75. The summed E-state index contributed by atoms with van der Waals surface area (Å²) >= 11 is 5.87. The van der Waals surface area contributed by atoms with Gasteiger partial charge < -0.3 is 14.7 Å². The van der Waals surface area contributed by atoms with Crippen LogP contribution in [-0.2, 0) is 0 Å². The highest BCUT2D eigenvalue weighted by atomic mass is 35.5. The fraction of sp³-hybridized carbons (Fsp3) is 0.375. The Morgan fingerprint density at radius 3 is 2.87 bits per heavy atom. The standard InChI is InChI=1S/C16H18ClN3O2.ClH/c1-18-10-13-3-2-8-20(13)16(21)14-9-15(22-19-14)11-4-6-12(17)7-5-11;/h4-7,9,13,18H,2-3,8,10H2,1H3;1H. The number of likely N-dealkylation sites (N-methyl/N-ethyl adjacent to an activating group) is 1. The summed E-state index contributed by atoms with van der Waals surface area (Å²) in [7, 11) is 1.90. The van der Waals surface area contributed by atoms with Crippen molar-refractivity contribution in [3.63, 3.8) is 0 Å². The van der Waals surface area contributed by atoms with Gasteiger partial charge in [0.05, 0.1) is 0 Å². The number of aromatic nitrogens is 1. The summed E-state index contributed by atoms with van der Waals surface area (Å²) in [6.45, 7) is 1.57. The van der Waals surface area contributed by atoms with E-state index in [9.17, 15) is 4.79 Å². The van der Waals surface area contributed by atoms with E-state index in [0.29, 0.717) is 16.5 Å². The average Bonchev–Trinajstić information content (AvgIpc) is 3.17. The van der Waals surface area contributed by atoms with Crippen molar-refractivity contribution in [1.82, 2.24) is 15.4 Å². The van der Waals surface area contributed by atoms with E-state index < -0.39 is 0 Å². The zero-order valence-corrected chi connectivity index (χ0v) is 14.4. The van der Waals surface area contributed by atoms with Crippen molar-refractivity contribution in [3.8, 4) is 11.3 Å². The first kappa shape index (κ1) is 17.8. The molecule has 2 aromatic rings. The lowest BCUT2D eigenvalue weighted by molar-refractivity contribution is 0.0726. The van der Waals surface area contributed by atoms with Gasteiger partial charge in [-0.05, 0) is 44.2 Å². The van der Waals surface area contributed by atoms with Crippen molar-refractivity contribution in [2.45, 2.75) is 18.9 Å². The second-order valence-electron chi connectivity index (χ2n) is 5.44. The van der Waals surface area contributed by atoms with Crippen LogP contribution in [0.25, 0.3) is 11.3 Å². The number of amides is 1. The summed E-state index contributed by atoms with van der Waals surface area (Å²) in [5.74, 6) is 0.506. The van der Waals surface area contributed by atoms with Gasteiger partial charge in [-0.25, -0.2) is 0 Å². The van der Waals surface area contributed by atoms with Crippen molar-refractivity contribution in [2.24, 2.45) is 0 Å². The van der Waals surface area contributed by atoms with E-state index in [0.717, 1.165) is 31.5 Å². The van der Waals surface area contributed by atoms with Gasteiger partial charge in [0.1, 0.15) is 0 Å². The molecule has 0 bridgehead atoms. The van der Waals surface area contributed by atoms with Crippen LogP contribution in [0.15, 0.2) is 34.9 Å². The van der Waals surface area contributed by atoms with Gasteiger partial charge in [0.25, 0.3) is 5.91 Å². The molecule has 5 nitrogen and oxygen atoms in total. The minimum absolute atomic E-state index is 0. The highest BCUT2D eigenvalue weighted by molar-refractivity contribution is 6.30. The number of rotatable bonds is 4. The SMILES string of the molecule is CNCC1CCCN1C(=O)c1cc(-c2ccc(Cl)cc2)on1.Cl. The molecular weight excluding hydrogens is 337 g/mol. The van der Waals surface area contributed by atoms with Crippen LogP contribution in [0.1, 0.15) is 23.3 Å². The molecule has 0 aliphatic carbocycles. The molecule has 7 heteroatoms. The second-order valence-corrected chi connectivity index (χ2v) is 5.87. The minimum Gasteiger partial charge on any atom is -0.355 e. The lowest BCUT2D eigenvalue weighted by atomic mass is 10.1. The predicted octanol–water partition coefficient (Wildman–Crippen LogP) is 3.24. The molecule has 1 atom stereocenters. The topological polar surface area (TPSA) is 58.4 Å². The van der Waals surface area contributed by atoms with E-state index in [1.807, 2.05) is 24.1 Å². The predicted molar refractivity (Wildman–Crippen MR) is 92.2 cm³/mol. The summed E-state index contributed by atoms with van der Waals surface area (Å²) in [6, 6.07) is 9.18. The number of hydrogen-bond acceptors (Lipinski definition) is 4. The summed E-state index contributed by atoms with van der Waals surface area (Å²) in [4.78, 5) is 14.5. The van der Waals surface area contributed by atoms with E-state index in [1.54, 1.807) is 18.2 Å². The number of halogens is 2. The molecule has 0 spiro atoms. The van der Waals surface area contributed by atoms with E-state index in [-0.39, 0.29) is 24.4 Å². The van der Waals surface area contributed by atoms with Crippen LogP contribution >= 0.6 is 24.0 Å². The minimum atomic E-state index is -0.0679. The fourth-order valence-electron chi connectivity index (χ4n) is 2.82. The molecule has 1 aromatic heterocycles. The van der Waals surface area contributed by atoms with Crippen LogP contribution in [0.2, 0.25) is 5.02 Å². The third-order valence-corrected chi connectivity index (χ3v) is 4.19. The Kier molecular flexibility index (Phi) is 6.04. The maximum atomic E-state index is 12.6. The van der Waals surface area contributed by atoms with Crippen molar-refractivity contribution in [3.05, 3.63) is 41.0 Å². The Morgan fingerprint density at radius 2 is 2.17 bits per heavy atom. The molecule has 3 rings (SSSR count). The van der Waals surface area contributed by atoms with Gasteiger partial charge in [-0.1, -0.05) is 16.8 Å². The van der Waals surface area contributed by atoms with E-state index in [2.05, 4.69) is 10.5 Å². The van der Waals surface area contributed by atoms with Crippen molar-refractivity contribution in [1.29, 1.82) is 0 Å². The van der Waals surface area contributed by atoms with Crippen LogP contribution < -0.4 is 5.32 Å². The summed E-state index contributed by atoms with van der Waals surface area (Å²) in [5, 5.41) is 7.73. The highest BCUT2D eigenvalue weighted by Crippen LogP contribution is 2.24. The Balaban J connectivity index is 0.00000192. The van der Waals surface area contributed by atoms with Gasteiger partial charge in [0.15, 0.2) is 11.5 Å². The Labute approximate surface area is 146 Å². The average molecular weight is 356 g/mol. The second kappa shape index (κ2) is 7.81. The molecule has 23 heavy (non-hydrogen) atoms. The molecule has 1 fully saturated rings. The van der Waals surface area contributed by atoms with Gasteiger partial charge >= 0.3 is 0 Å². The van der Waals surface area contributed by atoms with Crippen molar-refractivity contribution in [2.75, 3.05) is 20.1 Å². The first-order chi connectivity index (χ1) is 10.7. The van der Waals surface area contributed by atoms with Crippen molar-refractivity contribution >= 4 is 29.9 Å². The van der Waals surface area contributed by atoms with Crippen LogP contribution in [0.5, 0.6) is 0 Å².